The lowest BCUT2D eigenvalue weighted by Crippen LogP contribution is -2.51. The molecule has 30 heavy (non-hydrogen) atoms. The van der Waals surface area contributed by atoms with Gasteiger partial charge in [-0.3, -0.25) is 4.90 Å². The van der Waals surface area contributed by atoms with E-state index < -0.39 is 11.6 Å². The molecule has 0 saturated carbocycles. The average Bonchev–Trinajstić information content (AvgIpc) is 3.07. The molecule has 0 aliphatic heterocycles. The molecular weight excluding hydrogens is 474 g/mol. The van der Waals surface area contributed by atoms with Crippen LogP contribution in [0.1, 0.15) is 39.5 Å². The Balaban J connectivity index is 1.91. The van der Waals surface area contributed by atoms with Crippen molar-refractivity contribution in [2.24, 2.45) is 5.16 Å². The minimum atomic E-state index is -0.993. The number of ether oxygens (including phenoxy) is 2. The minimum absolute atomic E-state index is 0.140. The maximum absolute atomic E-state index is 11.5. The van der Waals surface area contributed by atoms with Gasteiger partial charge in [-0.25, -0.2) is 9.78 Å². The standard InChI is InChI=1S/C20H26BrN3O5S/c1-6-27-14-7-8-17(16(21)9-14)29-18-22-10-15(30-18)11-23-28-12-13(2)24(19(25)26)20(3,4)5/h7-11,13H,6,12H2,1-5H3,(H,25,26)/b23-11+/t13-/m0/s1. The number of hydrogen-bond donors (Lipinski definition) is 1. The Morgan fingerprint density at radius 1 is 1.43 bits per heavy atom. The van der Waals surface area contributed by atoms with Gasteiger partial charge in [0.15, 0.2) is 0 Å². The molecule has 0 aliphatic rings. The summed E-state index contributed by atoms with van der Waals surface area (Å²) in [4.78, 5) is 23.1. The van der Waals surface area contributed by atoms with E-state index in [0.717, 1.165) is 15.1 Å². The molecule has 0 aliphatic carbocycles. The van der Waals surface area contributed by atoms with Crippen LogP contribution in [-0.2, 0) is 4.84 Å². The summed E-state index contributed by atoms with van der Waals surface area (Å²) in [7, 11) is 0. The van der Waals surface area contributed by atoms with Crippen LogP contribution < -0.4 is 9.47 Å². The Labute approximate surface area is 188 Å². The molecule has 2 aromatic rings. The number of rotatable bonds is 9. The van der Waals surface area contributed by atoms with Crippen molar-refractivity contribution in [3.63, 3.8) is 0 Å². The Morgan fingerprint density at radius 3 is 2.77 bits per heavy atom. The number of carbonyl (C=O) groups is 1. The number of carboxylic acid groups (broad SMARTS) is 1. The molecule has 0 radical (unpaired) electrons. The summed E-state index contributed by atoms with van der Waals surface area (Å²) >= 11 is 4.77. The van der Waals surface area contributed by atoms with Gasteiger partial charge in [0.2, 0.25) is 0 Å². The molecule has 1 heterocycles. The van der Waals surface area contributed by atoms with Gasteiger partial charge in [0.1, 0.15) is 18.1 Å². The first-order valence-electron chi connectivity index (χ1n) is 9.35. The zero-order valence-electron chi connectivity index (χ0n) is 17.6. The van der Waals surface area contributed by atoms with Crippen molar-refractivity contribution in [3.8, 4) is 16.7 Å². The first-order valence-corrected chi connectivity index (χ1v) is 11.0. The molecule has 8 nitrogen and oxygen atoms in total. The van der Waals surface area contributed by atoms with Gasteiger partial charge in [-0.15, -0.1) is 0 Å². The zero-order chi connectivity index (χ0) is 22.3. The number of thiazole rings is 1. The number of benzene rings is 1. The highest BCUT2D eigenvalue weighted by Gasteiger charge is 2.31. The second-order valence-corrected chi connectivity index (χ2v) is 9.24. The van der Waals surface area contributed by atoms with Crippen LogP contribution in [0.3, 0.4) is 0 Å². The first kappa shape index (κ1) is 23.9. The van der Waals surface area contributed by atoms with Crippen LogP contribution in [0.5, 0.6) is 16.7 Å². The molecule has 1 atom stereocenters. The molecule has 10 heteroatoms. The number of hydrogen-bond acceptors (Lipinski definition) is 7. The fourth-order valence-corrected chi connectivity index (χ4v) is 3.82. The highest BCUT2D eigenvalue weighted by Crippen LogP contribution is 2.34. The van der Waals surface area contributed by atoms with Crippen LogP contribution in [0, 0.1) is 0 Å². The zero-order valence-corrected chi connectivity index (χ0v) is 20.0. The Hall–Kier alpha value is -2.33. The van der Waals surface area contributed by atoms with Crippen LogP contribution in [0.25, 0.3) is 0 Å². The van der Waals surface area contributed by atoms with Gasteiger partial charge in [-0.05, 0) is 68.7 Å². The third kappa shape index (κ3) is 6.88. The summed E-state index contributed by atoms with van der Waals surface area (Å²) in [6.07, 6.45) is 2.15. The Kier molecular flexibility index (Phi) is 8.48. The predicted molar refractivity (Wildman–Crippen MR) is 120 cm³/mol. The summed E-state index contributed by atoms with van der Waals surface area (Å²) in [5, 5.41) is 13.8. The van der Waals surface area contributed by atoms with E-state index in [1.807, 2.05) is 39.8 Å². The molecule has 1 N–H and O–H groups in total. The molecule has 1 aromatic carbocycles. The largest absolute Gasteiger partial charge is 0.494 e. The summed E-state index contributed by atoms with van der Waals surface area (Å²) in [5.41, 5.74) is -0.530. The number of oxime groups is 1. The van der Waals surface area contributed by atoms with E-state index >= 15 is 0 Å². The van der Waals surface area contributed by atoms with Crippen molar-refractivity contribution in [2.75, 3.05) is 13.2 Å². The number of aromatic nitrogens is 1. The van der Waals surface area contributed by atoms with Crippen molar-refractivity contribution >= 4 is 39.6 Å². The van der Waals surface area contributed by atoms with Gasteiger partial charge in [-0.1, -0.05) is 16.5 Å². The summed E-state index contributed by atoms with van der Waals surface area (Å²) < 4.78 is 12.0. The maximum Gasteiger partial charge on any atom is 0.408 e. The van der Waals surface area contributed by atoms with Crippen LogP contribution in [-0.4, -0.2) is 52.1 Å². The average molecular weight is 500 g/mol. The normalized spacial score (nSPS) is 12.6. The molecule has 0 bridgehead atoms. The Morgan fingerprint density at radius 2 is 2.17 bits per heavy atom. The van der Waals surface area contributed by atoms with Crippen molar-refractivity contribution in [1.29, 1.82) is 0 Å². The number of amides is 1. The van der Waals surface area contributed by atoms with Gasteiger partial charge in [0.25, 0.3) is 5.19 Å². The monoisotopic (exact) mass is 499 g/mol. The summed E-state index contributed by atoms with van der Waals surface area (Å²) in [6.45, 7) is 9.94. The molecule has 0 fully saturated rings. The van der Waals surface area contributed by atoms with E-state index in [1.165, 1.54) is 22.5 Å². The minimum Gasteiger partial charge on any atom is -0.494 e. The van der Waals surface area contributed by atoms with E-state index in [-0.39, 0.29) is 12.6 Å². The van der Waals surface area contributed by atoms with Crippen molar-refractivity contribution < 1.29 is 24.2 Å². The van der Waals surface area contributed by atoms with Crippen LogP contribution >= 0.6 is 27.3 Å². The van der Waals surface area contributed by atoms with Crippen LogP contribution in [0.15, 0.2) is 34.0 Å². The number of halogens is 1. The van der Waals surface area contributed by atoms with Crippen LogP contribution in [0.4, 0.5) is 4.79 Å². The quantitative estimate of drug-likeness (QED) is 0.355. The van der Waals surface area contributed by atoms with E-state index in [0.29, 0.717) is 17.6 Å². The Bertz CT molecular complexity index is 882. The van der Waals surface area contributed by atoms with E-state index in [4.69, 9.17) is 14.3 Å². The fourth-order valence-electron chi connectivity index (χ4n) is 2.74. The van der Waals surface area contributed by atoms with Gasteiger partial charge >= 0.3 is 6.09 Å². The molecule has 0 unspecified atom stereocenters. The molecular formula is C20H26BrN3O5S. The molecule has 0 spiro atoms. The van der Waals surface area contributed by atoms with Crippen molar-refractivity contribution in [3.05, 3.63) is 33.7 Å². The molecule has 164 valence electrons. The SMILES string of the molecule is CCOc1ccc(Oc2ncc(/C=N/OC[C@H](C)N(C(=O)O)C(C)(C)C)s2)c(Br)c1. The van der Waals surface area contributed by atoms with Crippen molar-refractivity contribution in [1.82, 2.24) is 9.88 Å². The number of nitrogens with zero attached hydrogens (tertiary/aromatic N) is 3. The lowest BCUT2D eigenvalue weighted by atomic mass is 10.0. The topological polar surface area (TPSA) is 93.5 Å². The summed E-state index contributed by atoms with van der Waals surface area (Å²) in [5.74, 6) is 1.38. The van der Waals surface area contributed by atoms with E-state index in [9.17, 15) is 9.90 Å². The van der Waals surface area contributed by atoms with Crippen LogP contribution in [0.2, 0.25) is 0 Å². The molecule has 1 amide bonds. The smallest absolute Gasteiger partial charge is 0.408 e. The lowest BCUT2D eigenvalue weighted by Gasteiger charge is -2.37. The third-order valence-corrected chi connectivity index (χ3v) is 5.28. The fraction of sp³-hybridized carbons (Fsp3) is 0.450. The van der Waals surface area contributed by atoms with Gasteiger partial charge in [0, 0.05) is 5.54 Å². The maximum atomic E-state index is 11.5. The summed E-state index contributed by atoms with van der Waals surface area (Å²) in [6, 6.07) is 5.11. The third-order valence-electron chi connectivity index (χ3n) is 3.85. The van der Waals surface area contributed by atoms with Gasteiger partial charge < -0.3 is 19.4 Å². The second-order valence-electron chi connectivity index (χ2n) is 7.36. The lowest BCUT2D eigenvalue weighted by molar-refractivity contribution is 0.0292. The van der Waals surface area contributed by atoms with E-state index in [2.05, 4.69) is 26.1 Å². The first-order chi connectivity index (χ1) is 14.1. The molecule has 0 saturated heterocycles. The van der Waals surface area contributed by atoms with Gasteiger partial charge in [0.05, 0.1) is 34.4 Å². The van der Waals surface area contributed by atoms with Crippen molar-refractivity contribution in [2.45, 2.75) is 46.2 Å². The molecule has 1 aromatic heterocycles. The highest BCUT2D eigenvalue weighted by molar-refractivity contribution is 9.10. The highest BCUT2D eigenvalue weighted by atomic mass is 79.9. The molecule has 2 rings (SSSR count). The predicted octanol–water partition coefficient (Wildman–Crippen LogP) is 5.61. The van der Waals surface area contributed by atoms with E-state index in [1.54, 1.807) is 19.2 Å². The second kappa shape index (κ2) is 10.6. The van der Waals surface area contributed by atoms with Gasteiger partial charge in [-0.2, -0.15) is 0 Å².